The van der Waals surface area contributed by atoms with Crippen LogP contribution >= 0.6 is 0 Å². The Morgan fingerprint density at radius 1 is 1.42 bits per heavy atom. The summed E-state index contributed by atoms with van der Waals surface area (Å²) in [4.78, 5) is 10.9. The molecule has 7 nitrogen and oxygen atoms in total. The number of nitrogen functional groups attached to an aromatic ring is 1. The topological polar surface area (TPSA) is 122 Å². The lowest BCUT2D eigenvalue weighted by Crippen LogP contribution is -2.29. The van der Waals surface area contributed by atoms with Crippen LogP contribution in [0, 0.1) is 0 Å². The van der Waals surface area contributed by atoms with E-state index in [2.05, 4.69) is 10.0 Å². The first-order valence-electron chi connectivity index (χ1n) is 5.70. The van der Waals surface area contributed by atoms with Gasteiger partial charge in [0.1, 0.15) is 0 Å². The van der Waals surface area contributed by atoms with E-state index in [1.807, 2.05) is 0 Å². The molecular weight excluding hydrogens is 270 g/mol. The second-order valence-corrected chi connectivity index (χ2v) is 5.74. The maximum Gasteiger partial charge on any atom is 0.337 e. The van der Waals surface area contributed by atoms with Gasteiger partial charge in [0.15, 0.2) is 0 Å². The highest BCUT2D eigenvalue weighted by molar-refractivity contribution is 7.89. The van der Waals surface area contributed by atoms with Gasteiger partial charge in [0, 0.05) is 13.1 Å². The fraction of sp³-hybridized carbons (Fsp3) is 0.364. The molecule has 19 heavy (non-hydrogen) atoms. The second-order valence-electron chi connectivity index (χ2n) is 3.82. The molecule has 106 valence electrons. The molecule has 0 bridgehead atoms. The predicted molar refractivity (Wildman–Crippen MR) is 73.8 cm³/mol. The molecule has 0 saturated heterocycles. The summed E-state index contributed by atoms with van der Waals surface area (Å²) in [5.41, 5.74) is 6.17. The summed E-state index contributed by atoms with van der Waals surface area (Å²) in [6.45, 7) is 2.17. The third-order valence-corrected chi connectivity index (χ3v) is 3.86. The molecule has 1 aromatic rings. The molecule has 0 aliphatic heterocycles. The van der Waals surface area contributed by atoms with Gasteiger partial charge in [0.25, 0.3) is 0 Å². The van der Waals surface area contributed by atoms with Crippen molar-refractivity contribution >= 4 is 27.4 Å². The predicted octanol–water partition coefficient (Wildman–Crippen LogP) is 0.318. The van der Waals surface area contributed by atoms with Crippen LogP contribution in [0.25, 0.3) is 0 Å². The second kappa shape index (κ2) is 6.39. The van der Waals surface area contributed by atoms with Crippen molar-refractivity contribution in [2.75, 3.05) is 29.9 Å². The van der Waals surface area contributed by atoms with E-state index in [-0.39, 0.29) is 23.5 Å². The van der Waals surface area contributed by atoms with Crippen molar-refractivity contribution in [3.05, 3.63) is 23.8 Å². The summed E-state index contributed by atoms with van der Waals surface area (Å²) in [7, 11) is -3.31. The molecule has 0 radical (unpaired) electrons. The largest absolute Gasteiger partial charge is 0.478 e. The molecule has 5 N–H and O–H groups in total. The Kier molecular flexibility index (Phi) is 5.13. The molecular formula is C11H17N3O4S. The first-order chi connectivity index (χ1) is 8.87. The van der Waals surface area contributed by atoms with E-state index in [0.717, 1.165) is 0 Å². The van der Waals surface area contributed by atoms with E-state index in [4.69, 9.17) is 10.8 Å². The lowest BCUT2D eigenvalue weighted by atomic mass is 10.1. The highest BCUT2D eigenvalue weighted by Gasteiger charge is 2.12. The van der Waals surface area contributed by atoms with Gasteiger partial charge in [-0.25, -0.2) is 17.9 Å². The Hall–Kier alpha value is -1.80. The van der Waals surface area contributed by atoms with Gasteiger partial charge in [-0.15, -0.1) is 0 Å². The molecule has 1 aromatic carbocycles. The number of carbonyl (C=O) groups is 1. The van der Waals surface area contributed by atoms with E-state index in [1.54, 1.807) is 19.1 Å². The number of sulfonamides is 1. The minimum atomic E-state index is -3.31. The summed E-state index contributed by atoms with van der Waals surface area (Å²) in [6, 6.07) is 4.53. The number of para-hydroxylation sites is 1. The molecule has 0 aromatic heterocycles. The van der Waals surface area contributed by atoms with Crippen LogP contribution in [0.4, 0.5) is 11.4 Å². The van der Waals surface area contributed by atoms with Gasteiger partial charge in [-0.1, -0.05) is 13.0 Å². The highest BCUT2D eigenvalue weighted by Crippen LogP contribution is 2.22. The van der Waals surface area contributed by atoms with E-state index >= 15 is 0 Å². The number of nitrogens with one attached hydrogen (secondary N) is 2. The van der Waals surface area contributed by atoms with E-state index in [0.29, 0.717) is 12.2 Å². The molecule has 0 atom stereocenters. The minimum Gasteiger partial charge on any atom is -0.478 e. The lowest BCUT2D eigenvalue weighted by molar-refractivity contribution is 0.0698. The maximum atomic E-state index is 11.4. The van der Waals surface area contributed by atoms with Crippen LogP contribution < -0.4 is 15.8 Å². The molecule has 0 saturated carbocycles. The summed E-state index contributed by atoms with van der Waals surface area (Å²) >= 11 is 0. The van der Waals surface area contributed by atoms with Gasteiger partial charge < -0.3 is 16.2 Å². The monoisotopic (exact) mass is 287 g/mol. The number of carboxylic acids is 1. The van der Waals surface area contributed by atoms with Crippen molar-refractivity contribution in [2.45, 2.75) is 6.92 Å². The Bertz CT molecular complexity index is 557. The van der Waals surface area contributed by atoms with E-state index in [1.165, 1.54) is 6.07 Å². The van der Waals surface area contributed by atoms with Crippen LogP contribution in [0.2, 0.25) is 0 Å². The standard InChI is InChI=1S/C11H17N3O4S/c1-2-14-19(17,18)7-6-13-9-5-3-4-8(10(9)12)11(15)16/h3-5,13-14H,2,6-7,12H2,1H3,(H,15,16). The van der Waals surface area contributed by atoms with Gasteiger partial charge in [-0.3, -0.25) is 0 Å². The van der Waals surface area contributed by atoms with Crippen molar-refractivity contribution in [1.82, 2.24) is 4.72 Å². The normalized spacial score (nSPS) is 11.2. The lowest BCUT2D eigenvalue weighted by Gasteiger charge is -2.11. The summed E-state index contributed by atoms with van der Waals surface area (Å²) in [5, 5.41) is 11.7. The quantitative estimate of drug-likeness (QED) is 0.536. The van der Waals surface area contributed by atoms with Gasteiger partial charge in [0.05, 0.1) is 22.7 Å². The van der Waals surface area contributed by atoms with Gasteiger partial charge in [-0.05, 0) is 12.1 Å². The van der Waals surface area contributed by atoms with Crippen molar-refractivity contribution < 1.29 is 18.3 Å². The van der Waals surface area contributed by atoms with E-state index < -0.39 is 16.0 Å². The first-order valence-corrected chi connectivity index (χ1v) is 7.35. The summed E-state index contributed by atoms with van der Waals surface area (Å²) in [6.07, 6.45) is 0. The van der Waals surface area contributed by atoms with Gasteiger partial charge in [-0.2, -0.15) is 0 Å². The smallest absolute Gasteiger partial charge is 0.337 e. The fourth-order valence-corrected chi connectivity index (χ4v) is 2.47. The van der Waals surface area contributed by atoms with Crippen LogP contribution in [-0.2, 0) is 10.0 Å². The number of anilines is 2. The number of hydrogen-bond acceptors (Lipinski definition) is 5. The maximum absolute atomic E-state index is 11.4. The number of carboxylic acid groups (broad SMARTS) is 1. The zero-order chi connectivity index (χ0) is 14.5. The average Bonchev–Trinajstić information content (AvgIpc) is 2.30. The molecule has 0 fully saturated rings. The number of aromatic carboxylic acids is 1. The number of hydrogen-bond donors (Lipinski definition) is 4. The summed E-state index contributed by atoms with van der Waals surface area (Å²) in [5.74, 6) is -1.24. The molecule has 0 aliphatic carbocycles. The molecule has 0 unspecified atom stereocenters. The summed E-state index contributed by atoms with van der Waals surface area (Å²) < 4.78 is 25.2. The third kappa shape index (κ3) is 4.42. The number of nitrogens with two attached hydrogens (primary N) is 1. The van der Waals surface area contributed by atoms with Crippen molar-refractivity contribution in [3.63, 3.8) is 0 Å². The Labute approximate surface area is 111 Å². The van der Waals surface area contributed by atoms with Gasteiger partial charge >= 0.3 is 5.97 Å². The SMILES string of the molecule is CCNS(=O)(=O)CCNc1cccc(C(=O)O)c1N. The first kappa shape index (κ1) is 15.3. The average molecular weight is 287 g/mol. The third-order valence-electron chi connectivity index (χ3n) is 2.39. The molecule has 0 aliphatic rings. The zero-order valence-electron chi connectivity index (χ0n) is 10.5. The Balaban J connectivity index is 2.69. The fourth-order valence-electron chi connectivity index (χ4n) is 1.52. The Morgan fingerprint density at radius 2 is 2.11 bits per heavy atom. The molecule has 0 spiro atoms. The zero-order valence-corrected chi connectivity index (χ0v) is 11.3. The molecule has 0 heterocycles. The van der Waals surface area contributed by atoms with Crippen molar-refractivity contribution in [1.29, 1.82) is 0 Å². The van der Waals surface area contributed by atoms with Crippen molar-refractivity contribution in [3.8, 4) is 0 Å². The van der Waals surface area contributed by atoms with Crippen LogP contribution in [-0.4, -0.2) is 38.3 Å². The van der Waals surface area contributed by atoms with Crippen LogP contribution in [0.1, 0.15) is 17.3 Å². The Morgan fingerprint density at radius 3 is 2.68 bits per heavy atom. The number of rotatable bonds is 7. The molecule has 1 rings (SSSR count). The highest BCUT2D eigenvalue weighted by atomic mass is 32.2. The van der Waals surface area contributed by atoms with Crippen LogP contribution in [0.15, 0.2) is 18.2 Å². The molecule has 0 amide bonds. The van der Waals surface area contributed by atoms with Crippen LogP contribution in [0.5, 0.6) is 0 Å². The molecule has 8 heteroatoms. The van der Waals surface area contributed by atoms with Crippen molar-refractivity contribution in [2.24, 2.45) is 0 Å². The number of benzene rings is 1. The van der Waals surface area contributed by atoms with Crippen LogP contribution in [0.3, 0.4) is 0 Å². The minimum absolute atomic E-state index is 0.0143. The van der Waals surface area contributed by atoms with Gasteiger partial charge in [0.2, 0.25) is 10.0 Å². The van der Waals surface area contributed by atoms with E-state index in [9.17, 15) is 13.2 Å².